The first-order valence-corrected chi connectivity index (χ1v) is 8.28. The van der Waals surface area contributed by atoms with Gasteiger partial charge in [0.15, 0.2) is 4.67 Å². The highest BCUT2D eigenvalue weighted by molar-refractivity contribution is 9.10. The summed E-state index contributed by atoms with van der Waals surface area (Å²) in [5, 5.41) is 3.58. The van der Waals surface area contributed by atoms with Gasteiger partial charge in [-0.25, -0.2) is 0 Å². The minimum Gasteiger partial charge on any atom is -0.453 e. The van der Waals surface area contributed by atoms with Gasteiger partial charge < -0.3 is 14.5 Å². The fraction of sp³-hybridized carbons (Fsp3) is 0.692. The van der Waals surface area contributed by atoms with Crippen molar-refractivity contribution in [2.75, 3.05) is 26.0 Å². The number of thioether (sulfide) groups is 1. The average molecular weight is 334 g/mol. The molecule has 0 radical (unpaired) electrons. The maximum Gasteiger partial charge on any atom is 0.169 e. The van der Waals surface area contributed by atoms with Crippen LogP contribution in [0.1, 0.15) is 31.6 Å². The van der Waals surface area contributed by atoms with Crippen molar-refractivity contribution in [2.24, 2.45) is 0 Å². The second kappa shape index (κ2) is 6.46. The lowest BCUT2D eigenvalue weighted by atomic mass is 9.98. The third-order valence-corrected chi connectivity index (χ3v) is 5.43. The van der Waals surface area contributed by atoms with Crippen LogP contribution >= 0.6 is 27.7 Å². The number of rotatable bonds is 5. The quantitative estimate of drug-likeness (QED) is 0.892. The maximum atomic E-state index is 5.57. The van der Waals surface area contributed by atoms with E-state index in [0.717, 1.165) is 43.0 Å². The molecule has 0 saturated carbocycles. The molecule has 1 N–H and O–H groups in total. The lowest BCUT2D eigenvalue weighted by molar-refractivity contribution is 0.0764. The van der Waals surface area contributed by atoms with Gasteiger partial charge in [-0.3, -0.25) is 0 Å². The third kappa shape index (κ3) is 3.53. The summed E-state index contributed by atoms with van der Waals surface area (Å²) in [7, 11) is 0. The number of furan rings is 1. The van der Waals surface area contributed by atoms with E-state index in [2.05, 4.69) is 34.4 Å². The molecule has 0 spiro atoms. The highest BCUT2D eigenvalue weighted by atomic mass is 79.9. The molecular formula is C13H20BrNO2S. The van der Waals surface area contributed by atoms with Gasteiger partial charge in [0.1, 0.15) is 5.76 Å². The summed E-state index contributed by atoms with van der Waals surface area (Å²) in [5.74, 6) is 0.977. The van der Waals surface area contributed by atoms with Gasteiger partial charge >= 0.3 is 0 Å². The van der Waals surface area contributed by atoms with E-state index in [0.29, 0.717) is 4.75 Å². The van der Waals surface area contributed by atoms with Crippen LogP contribution in [0.4, 0.5) is 0 Å². The van der Waals surface area contributed by atoms with E-state index in [-0.39, 0.29) is 6.04 Å². The Morgan fingerprint density at radius 1 is 1.44 bits per heavy atom. The molecule has 3 nitrogen and oxygen atoms in total. The van der Waals surface area contributed by atoms with Gasteiger partial charge in [-0.1, -0.05) is 0 Å². The van der Waals surface area contributed by atoms with Crippen LogP contribution in [0.3, 0.4) is 0 Å². The van der Waals surface area contributed by atoms with Gasteiger partial charge in [-0.05, 0) is 54.1 Å². The summed E-state index contributed by atoms with van der Waals surface area (Å²) in [4.78, 5) is 0. The van der Waals surface area contributed by atoms with Crippen molar-refractivity contribution in [3.05, 3.63) is 22.6 Å². The smallest absolute Gasteiger partial charge is 0.169 e. The van der Waals surface area contributed by atoms with Gasteiger partial charge in [-0.15, -0.1) is 0 Å². The van der Waals surface area contributed by atoms with Crippen LogP contribution in [0.25, 0.3) is 0 Å². The monoisotopic (exact) mass is 333 g/mol. The summed E-state index contributed by atoms with van der Waals surface area (Å²) in [5.41, 5.74) is 0. The SMILES string of the molecule is CSC1(CN[C@@H](C)c2ccc(Br)o2)CCOCC1. The average Bonchev–Trinajstić information content (AvgIpc) is 2.84. The van der Waals surface area contributed by atoms with Crippen molar-refractivity contribution >= 4 is 27.7 Å². The molecule has 1 aliphatic rings. The summed E-state index contributed by atoms with van der Waals surface area (Å²) in [6.07, 6.45) is 4.44. The molecule has 0 amide bonds. The summed E-state index contributed by atoms with van der Waals surface area (Å²) in [6.45, 7) is 4.89. The topological polar surface area (TPSA) is 34.4 Å². The Labute approximate surface area is 121 Å². The zero-order chi connectivity index (χ0) is 13.0. The first-order valence-electron chi connectivity index (χ1n) is 6.27. The largest absolute Gasteiger partial charge is 0.453 e. The van der Waals surface area contributed by atoms with Gasteiger partial charge in [0, 0.05) is 24.5 Å². The molecule has 1 aliphatic heterocycles. The van der Waals surface area contributed by atoms with E-state index in [1.807, 2.05) is 23.9 Å². The second-order valence-electron chi connectivity index (χ2n) is 4.74. The molecule has 18 heavy (non-hydrogen) atoms. The van der Waals surface area contributed by atoms with E-state index in [9.17, 15) is 0 Å². The number of nitrogens with one attached hydrogen (secondary N) is 1. The summed E-state index contributed by atoms with van der Waals surface area (Å²) in [6, 6.07) is 4.19. The predicted octanol–water partition coefficient (Wildman–Crippen LogP) is 3.60. The van der Waals surface area contributed by atoms with Crippen LogP contribution in [-0.4, -0.2) is 30.8 Å². The highest BCUT2D eigenvalue weighted by Gasteiger charge is 2.32. The van der Waals surface area contributed by atoms with Crippen LogP contribution in [-0.2, 0) is 4.74 Å². The van der Waals surface area contributed by atoms with Gasteiger partial charge in [0.2, 0.25) is 0 Å². The molecule has 0 bridgehead atoms. The Morgan fingerprint density at radius 2 is 2.17 bits per heavy atom. The molecule has 5 heteroatoms. The Kier molecular flexibility index (Phi) is 5.18. The van der Waals surface area contributed by atoms with E-state index in [1.165, 1.54) is 0 Å². The zero-order valence-electron chi connectivity index (χ0n) is 10.9. The standard InChI is InChI=1S/C13H20BrNO2S/c1-10(11-3-4-12(14)17-11)15-9-13(18-2)5-7-16-8-6-13/h3-4,10,15H,5-9H2,1-2H3/t10-/m0/s1. The molecule has 0 aliphatic carbocycles. The van der Waals surface area contributed by atoms with Crippen LogP contribution in [0.15, 0.2) is 21.2 Å². The molecule has 1 fully saturated rings. The van der Waals surface area contributed by atoms with Gasteiger partial charge in [-0.2, -0.15) is 11.8 Å². The second-order valence-corrected chi connectivity index (χ2v) is 6.80. The molecule has 1 atom stereocenters. The minimum atomic E-state index is 0.239. The lowest BCUT2D eigenvalue weighted by Crippen LogP contribution is -2.43. The van der Waals surface area contributed by atoms with E-state index >= 15 is 0 Å². The van der Waals surface area contributed by atoms with Crippen molar-refractivity contribution in [3.8, 4) is 0 Å². The van der Waals surface area contributed by atoms with Crippen molar-refractivity contribution in [1.29, 1.82) is 0 Å². The molecule has 2 rings (SSSR count). The highest BCUT2D eigenvalue weighted by Crippen LogP contribution is 2.33. The first-order chi connectivity index (χ1) is 8.65. The normalized spacial score (nSPS) is 20.8. The Morgan fingerprint density at radius 3 is 2.72 bits per heavy atom. The fourth-order valence-corrected chi connectivity index (χ4v) is 3.32. The Bertz CT molecular complexity index is 377. The zero-order valence-corrected chi connectivity index (χ0v) is 13.3. The summed E-state index contributed by atoms with van der Waals surface area (Å²) >= 11 is 5.29. The number of halogens is 1. The molecule has 102 valence electrons. The summed E-state index contributed by atoms with van der Waals surface area (Å²) < 4.78 is 12.1. The molecule has 1 aromatic rings. The number of hydrogen-bond acceptors (Lipinski definition) is 4. The molecule has 0 unspecified atom stereocenters. The van der Waals surface area contributed by atoms with Gasteiger partial charge in [0.05, 0.1) is 6.04 Å². The van der Waals surface area contributed by atoms with Crippen LogP contribution in [0.2, 0.25) is 0 Å². The molecule has 0 aromatic carbocycles. The molecular weight excluding hydrogens is 314 g/mol. The Hall–Kier alpha value is 0.0300. The molecule has 1 aromatic heterocycles. The van der Waals surface area contributed by atoms with Crippen LogP contribution in [0, 0.1) is 0 Å². The van der Waals surface area contributed by atoms with Crippen molar-refractivity contribution in [2.45, 2.75) is 30.6 Å². The fourth-order valence-electron chi connectivity index (χ4n) is 2.20. The van der Waals surface area contributed by atoms with Crippen LogP contribution in [0.5, 0.6) is 0 Å². The predicted molar refractivity (Wildman–Crippen MR) is 79.1 cm³/mol. The first kappa shape index (κ1) is 14.4. The van der Waals surface area contributed by atoms with Gasteiger partial charge in [0.25, 0.3) is 0 Å². The van der Waals surface area contributed by atoms with Crippen LogP contribution < -0.4 is 5.32 Å². The maximum absolute atomic E-state index is 5.57. The number of ether oxygens (including phenoxy) is 1. The minimum absolute atomic E-state index is 0.239. The van der Waals surface area contributed by atoms with E-state index < -0.39 is 0 Å². The lowest BCUT2D eigenvalue weighted by Gasteiger charge is -2.36. The third-order valence-electron chi connectivity index (χ3n) is 3.59. The van der Waals surface area contributed by atoms with E-state index in [4.69, 9.17) is 9.15 Å². The van der Waals surface area contributed by atoms with Crippen molar-refractivity contribution < 1.29 is 9.15 Å². The van der Waals surface area contributed by atoms with E-state index in [1.54, 1.807) is 0 Å². The molecule has 2 heterocycles. The van der Waals surface area contributed by atoms with Crippen molar-refractivity contribution in [3.63, 3.8) is 0 Å². The number of hydrogen-bond donors (Lipinski definition) is 1. The van der Waals surface area contributed by atoms with Crippen molar-refractivity contribution in [1.82, 2.24) is 5.32 Å². The Balaban J connectivity index is 1.89. The molecule has 1 saturated heterocycles.